The van der Waals surface area contributed by atoms with Crippen LogP contribution in [0.2, 0.25) is 0 Å². The van der Waals surface area contributed by atoms with Crippen molar-refractivity contribution in [2.45, 2.75) is 134 Å². The van der Waals surface area contributed by atoms with Gasteiger partial charge in [0.1, 0.15) is 0 Å². The van der Waals surface area contributed by atoms with Crippen LogP contribution in [0.5, 0.6) is 0 Å². The summed E-state index contributed by atoms with van der Waals surface area (Å²) in [4.78, 5) is 0. The summed E-state index contributed by atoms with van der Waals surface area (Å²) < 4.78 is 0. The Kier molecular flexibility index (Phi) is 6.66. The second-order valence-corrected chi connectivity index (χ2v) is 11.0. The normalized spacial score (nSPS) is 41.2. The largest absolute Gasteiger partial charge is 0.309 e. The summed E-state index contributed by atoms with van der Waals surface area (Å²) in [5, 5.41) is 4.18. The molecule has 4 fully saturated rings. The Bertz CT molecular complexity index is 402. The average Bonchev–Trinajstić information content (AvgIpc) is 2.70. The van der Waals surface area contributed by atoms with Gasteiger partial charge in [0.05, 0.1) is 0 Å². The third kappa shape index (κ3) is 4.86. The van der Waals surface area contributed by atoms with E-state index in [1.165, 1.54) is 89.9 Å². The molecule has 0 spiro atoms. The predicted octanol–water partition coefficient (Wildman–Crippen LogP) is 7.24. The Morgan fingerprint density at radius 2 is 0.923 bits per heavy atom. The summed E-state index contributed by atoms with van der Waals surface area (Å²) in [6, 6.07) is 0.825. The fraction of sp³-hybridized carbons (Fsp3) is 1.00. The molecule has 0 bridgehead atoms. The zero-order valence-corrected chi connectivity index (χ0v) is 17.6. The highest BCUT2D eigenvalue weighted by molar-refractivity contribution is 4.94. The lowest BCUT2D eigenvalue weighted by Crippen LogP contribution is -2.51. The molecule has 0 radical (unpaired) electrons. The SMILES string of the molecule is CC1(NC2CCC(C3CCCCC3)CC2)CCC(C2CCCCC2)CC1. The molecule has 0 aromatic heterocycles. The highest BCUT2D eigenvalue weighted by atomic mass is 15.0. The van der Waals surface area contributed by atoms with Crippen LogP contribution in [-0.4, -0.2) is 11.6 Å². The first-order valence-corrected chi connectivity index (χ1v) is 12.5. The van der Waals surface area contributed by atoms with Crippen molar-refractivity contribution in [2.24, 2.45) is 23.7 Å². The first-order valence-electron chi connectivity index (χ1n) is 12.5. The molecule has 4 saturated carbocycles. The number of hydrogen-bond donors (Lipinski definition) is 1. The summed E-state index contributed by atoms with van der Waals surface area (Å²) in [5.41, 5.74) is 0.452. The van der Waals surface area contributed by atoms with Gasteiger partial charge in [0.2, 0.25) is 0 Å². The lowest BCUT2D eigenvalue weighted by atomic mass is 9.68. The topological polar surface area (TPSA) is 12.0 Å². The van der Waals surface area contributed by atoms with Crippen molar-refractivity contribution in [3.05, 3.63) is 0 Å². The Hall–Kier alpha value is -0.0400. The van der Waals surface area contributed by atoms with Gasteiger partial charge in [0.25, 0.3) is 0 Å². The molecule has 0 atom stereocenters. The van der Waals surface area contributed by atoms with Crippen LogP contribution >= 0.6 is 0 Å². The van der Waals surface area contributed by atoms with Crippen molar-refractivity contribution in [2.75, 3.05) is 0 Å². The molecule has 1 heteroatoms. The number of nitrogens with one attached hydrogen (secondary N) is 1. The number of hydrogen-bond acceptors (Lipinski definition) is 1. The first kappa shape index (κ1) is 19.3. The molecule has 4 aliphatic rings. The Morgan fingerprint density at radius 1 is 0.500 bits per heavy atom. The third-order valence-corrected chi connectivity index (χ3v) is 9.09. The maximum absolute atomic E-state index is 4.18. The van der Waals surface area contributed by atoms with E-state index in [0.29, 0.717) is 5.54 Å². The maximum Gasteiger partial charge on any atom is 0.0156 e. The van der Waals surface area contributed by atoms with E-state index in [1.807, 2.05) is 0 Å². The van der Waals surface area contributed by atoms with Crippen LogP contribution in [0.1, 0.15) is 122 Å². The molecule has 0 unspecified atom stereocenters. The number of rotatable bonds is 4. The van der Waals surface area contributed by atoms with E-state index in [2.05, 4.69) is 12.2 Å². The van der Waals surface area contributed by atoms with Crippen LogP contribution in [0.3, 0.4) is 0 Å². The van der Waals surface area contributed by atoms with Gasteiger partial charge in [-0.25, -0.2) is 0 Å². The molecule has 4 aliphatic carbocycles. The van der Waals surface area contributed by atoms with E-state index in [4.69, 9.17) is 0 Å². The minimum absolute atomic E-state index is 0.452. The zero-order chi connectivity index (χ0) is 17.8. The monoisotopic (exact) mass is 359 g/mol. The van der Waals surface area contributed by atoms with Crippen molar-refractivity contribution >= 4 is 0 Å². The average molecular weight is 360 g/mol. The van der Waals surface area contributed by atoms with Gasteiger partial charge in [-0.1, -0.05) is 64.2 Å². The quantitative estimate of drug-likeness (QED) is 0.557. The lowest BCUT2D eigenvalue weighted by molar-refractivity contribution is 0.112. The van der Waals surface area contributed by atoms with Crippen molar-refractivity contribution in [1.82, 2.24) is 5.32 Å². The summed E-state index contributed by atoms with van der Waals surface area (Å²) >= 11 is 0. The Balaban J connectivity index is 1.20. The molecule has 0 aromatic rings. The van der Waals surface area contributed by atoms with E-state index in [0.717, 1.165) is 29.7 Å². The van der Waals surface area contributed by atoms with Gasteiger partial charge in [-0.05, 0) is 82.0 Å². The Labute approximate surface area is 163 Å². The van der Waals surface area contributed by atoms with Crippen LogP contribution in [0.25, 0.3) is 0 Å². The zero-order valence-electron chi connectivity index (χ0n) is 17.6. The summed E-state index contributed by atoms with van der Waals surface area (Å²) in [6.45, 7) is 2.55. The fourth-order valence-corrected chi connectivity index (χ4v) is 7.33. The van der Waals surface area contributed by atoms with Crippen molar-refractivity contribution < 1.29 is 0 Å². The molecule has 150 valence electrons. The van der Waals surface area contributed by atoms with Crippen LogP contribution in [0.15, 0.2) is 0 Å². The van der Waals surface area contributed by atoms with Crippen molar-refractivity contribution in [3.63, 3.8) is 0 Å². The molecule has 0 saturated heterocycles. The second-order valence-electron chi connectivity index (χ2n) is 11.0. The first-order chi connectivity index (χ1) is 12.7. The summed E-state index contributed by atoms with van der Waals surface area (Å²) in [7, 11) is 0. The van der Waals surface area contributed by atoms with Crippen LogP contribution in [0.4, 0.5) is 0 Å². The standard InChI is InChI=1S/C25H45N/c1-25(18-16-23(17-19-25)21-10-6-3-7-11-21)26-24-14-12-22(13-15-24)20-8-4-2-5-9-20/h20-24,26H,2-19H2,1H3. The van der Waals surface area contributed by atoms with Gasteiger partial charge < -0.3 is 5.32 Å². The molecule has 4 rings (SSSR count). The minimum atomic E-state index is 0.452. The van der Waals surface area contributed by atoms with Crippen LogP contribution in [0, 0.1) is 23.7 Å². The van der Waals surface area contributed by atoms with E-state index in [1.54, 1.807) is 25.7 Å². The summed E-state index contributed by atoms with van der Waals surface area (Å²) in [6.07, 6.45) is 27.1. The lowest BCUT2D eigenvalue weighted by Gasteiger charge is -2.45. The van der Waals surface area contributed by atoms with Gasteiger partial charge in [0.15, 0.2) is 0 Å². The molecule has 0 amide bonds. The summed E-state index contributed by atoms with van der Waals surface area (Å²) in [5.74, 6) is 4.31. The van der Waals surface area contributed by atoms with Crippen molar-refractivity contribution in [3.8, 4) is 0 Å². The predicted molar refractivity (Wildman–Crippen MR) is 112 cm³/mol. The van der Waals surface area contributed by atoms with Gasteiger partial charge in [-0.2, -0.15) is 0 Å². The highest BCUT2D eigenvalue weighted by Gasteiger charge is 2.37. The van der Waals surface area contributed by atoms with Crippen LogP contribution in [-0.2, 0) is 0 Å². The maximum atomic E-state index is 4.18. The smallest absolute Gasteiger partial charge is 0.0156 e. The minimum Gasteiger partial charge on any atom is -0.309 e. The molecule has 0 heterocycles. The molecule has 26 heavy (non-hydrogen) atoms. The molecular weight excluding hydrogens is 314 g/mol. The van der Waals surface area contributed by atoms with Crippen LogP contribution < -0.4 is 5.32 Å². The van der Waals surface area contributed by atoms with Gasteiger partial charge in [-0.3, -0.25) is 0 Å². The fourth-order valence-electron chi connectivity index (χ4n) is 7.33. The molecule has 1 N–H and O–H groups in total. The van der Waals surface area contributed by atoms with Crippen molar-refractivity contribution in [1.29, 1.82) is 0 Å². The van der Waals surface area contributed by atoms with E-state index < -0.39 is 0 Å². The Morgan fingerprint density at radius 3 is 1.42 bits per heavy atom. The van der Waals surface area contributed by atoms with Gasteiger partial charge >= 0.3 is 0 Å². The third-order valence-electron chi connectivity index (χ3n) is 9.09. The molecular formula is C25H45N. The van der Waals surface area contributed by atoms with E-state index in [-0.39, 0.29) is 0 Å². The highest BCUT2D eigenvalue weighted by Crippen LogP contribution is 2.43. The molecule has 0 aliphatic heterocycles. The van der Waals surface area contributed by atoms with E-state index in [9.17, 15) is 0 Å². The second kappa shape index (κ2) is 8.97. The molecule has 0 aromatic carbocycles. The van der Waals surface area contributed by atoms with E-state index >= 15 is 0 Å². The molecule has 1 nitrogen and oxygen atoms in total. The van der Waals surface area contributed by atoms with Gasteiger partial charge in [0, 0.05) is 11.6 Å². The van der Waals surface area contributed by atoms with Gasteiger partial charge in [-0.15, -0.1) is 0 Å².